The second-order valence-corrected chi connectivity index (χ2v) is 18.3. The lowest BCUT2D eigenvalue weighted by Crippen LogP contribution is -2.56. The summed E-state index contributed by atoms with van der Waals surface area (Å²) >= 11 is 0. The number of aromatic nitrogens is 2. The summed E-state index contributed by atoms with van der Waals surface area (Å²) in [5.74, 6) is 2.66. The van der Waals surface area contributed by atoms with Crippen molar-refractivity contribution in [3.63, 3.8) is 0 Å². The van der Waals surface area contributed by atoms with E-state index >= 15 is 9.59 Å². The highest BCUT2D eigenvalue weighted by Gasteiger charge is 2.47. The first-order valence-corrected chi connectivity index (χ1v) is 22.6. The number of benzene rings is 4. The normalized spacial score (nSPS) is 27.2. The third-order valence-electron chi connectivity index (χ3n) is 15.3. The molecule has 0 saturated carbocycles. The minimum atomic E-state index is -0.542. The van der Waals surface area contributed by atoms with Crippen molar-refractivity contribution < 1.29 is 29.3 Å². The van der Waals surface area contributed by atoms with Crippen LogP contribution in [0.4, 0.5) is 0 Å². The van der Waals surface area contributed by atoms with Crippen LogP contribution >= 0.6 is 0 Å². The van der Waals surface area contributed by atoms with Crippen LogP contribution in [0, 0.1) is 23.7 Å². The molecule has 10 nitrogen and oxygen atoms in total. The smallest absolute Gasteiger partial charge is 0.198 e. The van der Waals surface area contributed by atoms with E-state index in [1.165, 1.54) is 0 Å². The van der Waals surface area contributed by atoms with Gasteiger partial charge in [0.2, 0.25) is 0 Å². The van der Waals surface area contributed by atoms with Crippen LogP contribution in [0.15, 0.2) is 97.3 Å². The average Bonchev–Trinajstić information content (AvgIpc) is 3.31. The summed E-state index contributed by atoms with van der Waals surface area (Å²) in [5, 5.41) is 23.1. The third-order valence-corrected chi connectivity index (χ3v) is 15.3. The van der Waals surface area contributed by atoms with Gasteiger partial charge in [-0.15, -0.1) is 0 Å². The van der Waals surface area contributed by atoms with Crippen molar-refractivity contribution in [2.75, 3.05) is 26.2 Å². The summed E-state index contributed by atoms with van der Waals surface area (Å²) in [6, 6.07) is 25.0. The van der Waals surface area contributed by atoms with Gasteiger partial charge in [0.15, 0.2) is 11.6 Å². The largest absolute Gasteiger partial charge is 0.508 e. The molecule has 6 aromatic rings. The Morgan fingerprint density at radius 2 is 1.08 bits per heavy atom. The fraction of sp³-hybridized carbons (Fsp3) is 0.385. The molecule has 4 bridgehead atoms. The number of hydrogen-bond acceptors (Lipinski definition) is 10. The molecule has 10 heteroatoms. The lowest BCUT2D eigenvalue weighted by Gasteiger charge is -2.52. The number of piperidine rings is 6. The number of nitrogens with zero attached hydrogens (tertiary/aromatic N) is 4. The summed E-state index contributed by atoms with van der Waals surface area (Å²) in [7, 11) is 0. The highest BCUT2D eigenvalue weighted by atomic mass is 16.5. The van der Waals surface area contributed by atoms with Crippen molar-refractivity contribution in [1.29, 1.82) is 0 Å². The van der Waals surface area contributed by atoms with Gasteiger partial charge in [0.05, 0.1) is 34.2 Å². The maximum absolute atomic E-state index is 15.0. The molecule has 7 aliphatic rings. The van der Waals surface area contributed by atoms with E-state index in [0.717, 1.165) is 97.6 Å². The Labute approximate surface area is 361 Å². The second kappa shape index (κ2) is 15.5. The van der Waals surface area contributed by atoms with Gasteiger partial charge in [-0.25, -0.2) is 0 Å². The Morgan fingerprint density at radius 3 is 1.48 bits per heavy atom. The van der Waals surface area contributed by atoms with Crippen molar-refractivity contribution in [2.24, 2.45) is 23.7 Å². The SMILES string of the molecule is CC[C@H]1CN2CC[C@H]1C[C@@H]2[C@@H](Oc1ccc(O[C@@H](c2ccnc3ccc(O)cc23)[C@H]2C[C@@H]3CCN2C[C@@H]3CC)c2c1C(=O)c1ccccc1C2=O)c1ccnc2ccc(O)cc12. The molecule has 2 unspecified atom stereocenters. The number of rotatable bonds is 10. The summed E-state index contributed by atoms with van der Waals surface area (Å²) in [4.78, 5) is 44.4. The molecule has 2 aromatic heterocycles. The number of ketones is 2. The molecule has 62 heavy (non-hydrogen) atoms. The number of ether oxygens (including phenoxy) is 2. The zero-order valence-electron chi connectivity index (χ0n) is 35.2. The molecule has 0 amide bonds. The Morgan fingerprint density at radius 1 is 0.629 bits per heavy atom. The fourth-order valence-corrected chi connectivity index (χ4v) is 12.1. The zero-order valence-corrected chi connectivity index (χ0v) is 35.2. The predicted molar refractivity (Wildman–Crippen MR) is 237 cm³/mol. The van der Waals surface area contributed by atoms with Gasteiger partial charge in [-0.1, -0.05) is 51.0 Å². The van der Waals surface area contributed by atoms with E-state index in [2.05, 4.69) is 33.6 Å². The number of phenols is 2. The summed E-state index contributed by atoms with van der Waals surface area (Å²) in [6.45, 7) is 8.39. The van der Waals surface area contributed by atoms with Gasteiger partial charge in [-0.3, -0.25) is 29.4 Å². The van der Waals surface area contributed by atoms with Crippen LogP contribution in [-0.4, -0.2) is 79.8 Å². The molecule has 8 heterocycles. The Bertz CT molecular complexity index is 2570. The molecule has 2 N–H and O–H groups in total. The number of fused-ring (bicyclic) bond motifs is 10. The first-order chi connectivity index (χ1) is 30.3. The van der Waals surface area contributed by atoms with E-state index in [9.17, 15) is 10.2 Å². The molecule has 10 atom stereocenters. The molecular weight excluding hydrogens is 777 g/mol. The number of carbonyl (C=O) groups is 2. The molecular formula is C52H52N4O6. The molecule has 6 aliphatic heterocycles. The molecule has 0 spiro atoms. The van der Waals surface area contributed by atoms with Crippen molar-refractivity contribution in [3.05, 3.63) is 131 Å². The Kier molecular flexibility index (Phi) is 9.76. The first-order valence-electron chi connectivity index (χ1n) is 22.6. The molecule has 1 aliphatic carbocycles. The fourth-order valence-electron chi connectivity index (χ4n) is 12.1. The van der Waals surface area contributed by atoms with Gasteiger partial charge in [0.25, 0.3) is 0 Å². The van der Waals surface area contributed by atoms with Crippen LogP contribution in [-0.2, 0) is 0 Å². The lowest BCUT2D eigenvalue weighted by atomic mass is 9.72. The van der Waals surface area contributed by atoms with Crippen molar-refractivity contribution >= 4 is 33.4 Å². The van der Waals surface area contributed by atoms with Crippen LogP contribution < -0.4 is 9.47 Å². The highest BCUT2D eigenvalue weighted by Crippen LogP contribution is 2.49. The monoisotopic (exact) mass is 828 g/mol. The van der Waals surface area contributed by atoms with Gasteiger partial charge in [-0.2, -0.15) is 0 Å². The maximum atomic E-state index is 15.0. The molecule has 6 saturated heterocycles. The molecule has 0 radical (unpaired) electrons. The van der Waals surface area contributed by atoms with Gasteiger partial charge in [-0.05, 0) is 123 Å². The number of pyridine rings is 2. The van der Waals surface area contributed by atoms with Crippen LogP contribution in [0.25, 0.3) is 21.8 Å². The Hall–Kier alpha value is -5.84. The average molecular weight is 829 g/mol. The van der Waals surface area contributed by atoms with Crippen LogP contribution in [0.2, 0.25) is 0 Å². The molecule has 316 valence electrons. The Balaban J connectivity index is 1.07. The maximum Gasteiger partial charge on any atom is 0.198 e. The van der Waals surface area contributed by atoms with E-state index in [0.29, 0.717) is 46.3 Å². The van der Waals surface area contributed by atoms with Gasteiger partial charge >= 0.3 is 0 Å². The summed E-state index contributed by atoms with van der Waals surface area (Å²) < 4.78 is 14.6. The molecule has 6 fully saturated rings. The lowest BCUT2D eigenvalue weighted by molar-refractivity contribution is -0.0493. The van der Waals surface area contributed by atoms with E-state index in [-0.39, 0.29) is 46.3 Å². The van der Waals surface area contributed by atoms with Crippen molar-refractivity contribution in [2.45, 2.75) is 76.7 Å². The third kappa shape index (κ3) is 6.44. The summed E-state index contributed by atoms with van der Waals surface area (Å²) in [6.07, 6.45) is 8.85. The van der Waals surface area contributed by atoms with Crippen LogP contribution in [0.5, 0.6) is 23.0 Å². The van der Waals surface area contributed by atoms with Gasteiger partial charge < -0.3 is 19.7 Å². The van der Waals surface area contributed by atoms with E-state index in [1.807, 2.05) is 36.4 Å². The number of phenolic OH excluding ortho intramolecular Hbond substituents is 2. The molecule has 13 rings (SSSR count). The highest BCUT2D eigenvalue weighted by molar-refractivity contribution is 6.30. The van der Waals surface area contributed by atoms with Crippen molar-refractivity contribution in [1.82, 2.24) is 19.8 Å². The van der Waals surface area contributed by atoms with E-state index in [1.54, 1.807) is 60.9 Å². The minimum absolute atomic E-state index is 0.0127. The van der Waals surface area contributed by atoms with E-state index < -0.39 is 12.2 Å². The van der Waals surface area contributed by atoms with Gasteiger partial charge in [0.1, 0.15) is 35.2 Å². The predicted octanol–water partition coefficient (Wildman–Crippen LogP) is 9.45. The quantitative estimate of drug-likeness (QED) is 0.138. The summed E-state index contributed by atoms with van der Waals surface area (Å²) in [5.41, 5.74) is 4.30. The number of hydrogen-bond donors (Lipinski definition) is 2. The van der Waals surface area contributed by atoms with Crippen LogP contribution in [0.1, 0.15) is 108 Å². The first kappa shape index (κ1) is 39.0. The standard InChI is InChI=1S/C52H52N4O6/c1-3-29-27-55-21-17-31(29)23-43(55)51(37-15-19-53-41-11-9-33(57)25-39(37)41)61-45-13-14-46(48-47(45)49(59)35-7-5-6-8-36(35)50(48)60)62-52(44-24-32-18-22-56(44)28-30(32)4-2)38-16-20-54-42-12-10-34(58)26-40(38)42/h5-16,19-20,25-26,29-32,43-44,51-52,57-58H,3-4,17-18,21-24,27-28H2,1-2H3/t29-,30-,31-,32-,43+,44+,51-,52-/m0/s1. The number of carbonyl (C=O) groups excluding carboxylic acids is 2. The van der Waals surface area contributed by atoms with E-state index in [4.69, 9.17) is 9.47 Å². The van der Waals surface area contributed by atoms with Crippen molar-refractivity contribution in [3.8, 4) is 23.0 Å². The minimum Gasteiger partial charge on any atom is -0.508 e. The topological polar surface area (TPSA) is 125 Å². The number of aromatic hydroxyl groups is 2. The zero-order chi connectivity index (χ0) is 42.2. The molecule has 4 aromatic carbocycles. The van der Waals surface area contributed by atoms with Crippen LogP contribution in [0.3, 0.4) is 0 Å². The second-order valence-electron chi connectivity index (χ2n) is 18.3. The van der Waals surface area contributed by atoms with Gasteiger partial charge in [0, 0.05) is 58.5 Å².